The molecule has 15 atom stereocenters. The molecule has 0 aromatic rings. The number of hydrogen-bond acceptors (Lipinski definition) is 15. The van der Waals surface area contributed by atoms with Crippen LogP contribution in [0.3, 0.4) is 0 Å². The lowest BCUT2D eigenvalue weighted by Gasteiger charge is -2.48. The van der Waals surface area contributed by atoms with Crippen molar-refractivity contribution in [3.63, 3.8) is 0 Å². The summed E-state index contributed by atoms with van der Waals surface area (Å²) in [5, 5.41) is 93.8. The summed E-state index contributed by atoms with van der Waals surface area (Å²) in [6.07, 6.45) is -21.8. The number of nitrogens with one attached hydrogen (secondary N) is 1. The summed E-state index contributed by atoms with van der Waals surface area (Å²) in [6.45, 7) is 1.03. The van der Waals surface area contributed by atoms with Gasteiger partial charge in [-0.3, -0.25) is 4.79 Å². The summed E-state index contributed by atoms with van der Waals surface area (Å²) in [4.78, 5) is 11.6. The SMILES string of the molecule is CC(=O)N[C@H]1C(O)O[C@H](CO)[C@H](O)[C@@H]1O[C@@H]1O[C@H](CO)[C@@H](O[C@H]2O[C@@H](C)[C@H](O)[C@@H](O)[C@H]2O)[C@H](O)[C@H]1O. The van der Waals surface area contributed by atoms with Gasteiger partial charge in [0.1, 0.15) is 67.1 Å². The maximum atomic E-state index is 11.6. The van der Waals surface area contributed by atoms with Gasteiger partial charge >= 0.3 is 0 Å². The molecular weight excluding hydrogens is 494 g/mol. The normalized spacial score (nSPS) is 50.0. The van der Waals surface area contributed by atoms with Crippen LogP contribution in [0.25, 0.3) is 0 Å². The number of rotatable bonds is 7. The van der Waals surface area contributed by atoms with Gasteiger partial charge in [0.05, 0.1) is 19.3 Å². The molecule has 3 heterocycles. The summed E-state index contributed by atoms with van der Waals surface area (Å²) >= 11 is 0. The maximum absolute atomic E-state index is 11.6. The Morgan fingerprint density at radius 2 is 1.28 bits per heavy atom. The molecule has 3 fully saturated rings. The van der Waals surface area contributed by atoms with Crippen LogP contribution >= 0.6 is 0 Å². The van der Waals surface area contributed by atoms with E-state index in [0.29, 0.717) is 0 Å². The Bertz CT molecular complexity index is 729. The molecule has 3 aliphatic rings. The van der Waals surface area contributed by atoms with Gasteiger partial charge in [-0.15, -0.1) is 0 Å². The number of aliphatic hydroxyl groups excluding tert-OH is 9. The van der Waals surface area contributed by atoms with Crippen LogP contribution in [0, 0.1) is 0 Å². The van der Waals surface area contributed by atoms with Crippen molar-refractivity contribution in [2.24, 2.45) is 0 Å². The quantitative estimate of drug-likeness (QED) is 0.147. The van der Waals surface area contributed by atoms with E-state index in [2.05, 4.69) is 5.32 Å². The molecule has 16 heteroatoms. The average Bonchev–Trinajstić information content (AvgIpc) is 2.84. The van der Waals surface area contributed by atoms with E-state index in [4.69, 9.17) is 23.7 Å². The predicted octanol–water partition coefficient (Wildman–Crippen LogP) is -6.40. The highest BCUT2D eigenvalue weighted by molar-refractivity contribution is 5.73. The van der Waals surface area contributed by atoms with Crippen molar-refractivity contribution >= 4 is 5.91 Å². The third-order valence-electron chi connectivity index (χ3n) is 6.45. The van der Waals surface area contributed by atoms with Gasteiger partial charge in [0.15, 0.2) is 18.9 Å². The molecule has 0 bridgehead atoms. The van der Waals surface area contributed by atoms with Gasteiger partial charge in [0.25, 0.3) is 0 Å². The fourth-order valence-corrected chi connectivity index (χ4v) is 4.40. The minimum absolute atomic E-state index is 0.620. The molecule has 0 saturated carbocycles. The van der Waals surface area contributed by atoms with Crippen LogP contribution in [0.2, 0.25) is 0 Å². The van der Waals surface area contributed by atoms with Crippen LogP contribution in [0.1, 0.15) is 13.8 Å². The summed E-state index contributed by atoms with van der Waals surface area (Å²) in [6, 6.07) is -1.37. The molecule has 0 aromatic heterocycles. The third kappa shape index (κ3) is 5.97. The first kappa shape index (κ1) is 29.5. The van der Waals surface area contributed by atoms with Crippen LogP contribution in [0.4, 0.5) is 0 Å². The highest BCUT2D eigenvalue weighted by atomic mass is 16.7. The molecule has 3 rings (SSSR count). The molecule has 0 radical (unpaired) electrons. The lowest BCUT2D eigenvalue weighted by Crippen LogP contribution is -2.68. The Kier molecular flexibility index (Phi) is 9.97. The molecule has 0 spiro atoms. The number of ether oxygens (including phenoxy) is 5. The van der Waals surface area contributed by atoms with Crippen molar-refractivity contribution in [1.82, 2.24) is 5.32 Å². The monoisotopic (exact) mass is 529 g/mol. The van der Waals surface area contributed by atoms with Gasteiger partial charge in [-0.1, -0.05) is 0 Å². The molecule has 36 heavy (non-hydrogen) atoms. The molecule has 16 nitrogen and oxygen atoms in total. The second-order valence-electron chi connectivity index (χ2n) is 9.05. The predicted molar refractivity (Wildman–Crippen MR) is 111 cm³/mol. The second-order valence-corrected chi connectivity index (χ2v) is 9.05. The van der Waals surface area contributed by atoms with E-state index in [-0.39, 0.29) is 0 Å². The summed E-state index contributed by atoms with van der Waals surface area (Å²) < 4.78 is 27.1. The zero-order chi connectivity index (χ0) is 26.9. The minimum Gasteiger partial charge on any atom is -0.394 e. The number of carbonyl (C=O) groups excluding carboxylic acids is 1. The minimum atomic E-state index is -1.88. The standard InChI is InChI=1S/C20H35NO15/c1-5-10(25)12(27)14(29)19(32-5)35-16-8(4-23)34-20(15(30)13(16)28)36-17-9(21-6(2)24)18(31)33-7(3-22)11(17)26/h5,7-20,22-23,25-31H,3-4H2,1-2H3,(H,21,24)/t5-,7+,8+,9+,10-,11-,12+,13+,14+,15+,16+,17+,18?,19+,20-/m0/s1. The zero-order valence-corrected chi connectivity index (χ0v) is 19.5. The van der Waals surface area contributed by atoms with Crippen molar-refractivity contribution in [3.8, 4) is 0 Å². The lowest BCUT2D eigenvalue weighted by molar-refractivity contribution is -0.370. The van der Waals surface area contributed by atoms with E-state index in [0.717, 1.165) is 6.92 Å². The number of hydrogen-bond donors (Lipinski definition) is 10. The van der Waals surface area contributed by atoms with E-state index in [1.807, 2.05) is 0 Å². The third-order valence-corrected chi connectivity index (χ3v) is 6.45. The molecule has 0 aromatic carbocycles. The Morgan fingerprint density at radius 3 is 1.86 bits per heavy atom. The van der Waals surface area contributed by atoms with E-state index < -0.39 is 111 Å². The largest absolute Gasteiger partial charge is 0.394 e. The molecule has 3 aliphatic heterocycles. The summed E-state index contributed by atoms with van der Waals surface area (Å²) in [5.41, 5.74) is 0. The first-order valence-electron chi connectivity index (χ1n) is 11.4. The van der Waals surface area contributed by atoms with Crippen LogP contribution in [0.5, 0.6) is 0 Å². The van der Waals surface area contributed by atoms with Crippen LogP contribution in [-0.4, -0.2) is 157 Å². The van der Waals surface area contributed by atoms with Crippen LogP contribution in [-0.2, 0) is 28.5 Å². The van der Waals surface area contributed by atoms with Gasteiger partial charge in [0.2, 0.25) is 5.91 Å². The first-order chi connectivity index (χ1) is 16.9. The van der Waals surface area contributed by atoms with Crippen LogP contribution in [0.15, 0.2) is 0 Å². The van der Waals surface area contributed by atoms with E-state index in [9.17, 15) is 50.8 Å². The maximum Gasteiger partial charge on any atom is 0.217 e. The zero-order valence-electron chi connectivity index (χ0n) is 19.5. The summed E-state index contributed by atoms with van der Waals surface area (Å²) in [5.74, 6) is -0.620. The highest BCUT2D eigenvalue weighted by Gasteiger charge is 2.53. The molecule has 3 saturated heterocycles. The highest BCUT2D eigenvalue weighted by Crippen LogP contribution is 2.32. The molecule has 0 aliphatic carbocycles. The Labute approximate surface area is 205 Å². The Hall–Kier alpha value is -1.09. The van der Waals surface area contributed by atoms with Gasteiger partial charge in [-0.05, 0) is 6.92 Å². The van der Waals surface area contributed by atoms with E-state index in [1.165, 1.54) is 6.92 Å². The second kappa shape index (κ2) is 12.2. The number of carbonyl (C=O) groups is 1. The first-order valence-corrected chi connectivity index (χ1v) is 11.4. The Balaban J connectivity index is 1.76. The van der Waals surface area contributed by atoms with Crippen molar-refractivity contribution in [1.29, 1.82) is 0 Å². The van der Waals surface area contributed by atoms with Gasteiger partial charge in [-0.25, -0.2) is 0 Å². The fourth-order valence-electron chi connectivity index (χ4n) is 4.40. The van der Waals surface area contributed by atoms with Gasteiger partial charge < -0.3 is 75.0 Å². The molecular formula is C20H35NO15. The average molecular weight is 529 g/mol. The van der Waals surface area contributed by atoms with Crippen molar-refractivity contribution in [2.75, 3.05) is 13.2 Å². The van der Waals surface area contributed by atoms with E-state index in [1.54, 1.807) is 0 Å². The van der Waals surface area contributed by atoms with Crippen molar-refractivity contribution in [2.45, 2.75) is 106 Å². The van der Waals surface area contributed by atoms with Crippen LogP contribution < -0.4 is 5.32 Å². The molecule has 1 amide bonds. The number of amides is 1. The van der Waals surface area contributed by atoms with Crippen molar-refractivity contribution in [3.05, 3.63) is 0 Å². The topological polar surface area (TPSA) is 257 Å². The van der Waals surface area contributed by atoms with Crippen molar-refractivity contribution < 1.29 is 74.4 Å². The van der Waals surface area contributed by atoms with Gasteiger partial charge in [-0.2, -0.15) is 0 Å². The summed E-state index contributed by atoms with van der Waals surface area (Å²) in [7, 11) is 0. The van der Waals surface area contributed by atoms with Gasteiger partial charge in [0, 0.05) is 6.92 Å². The number of aliphatic hydroxyl groups is 9. The fraction of sp³-hybridized carbons (Fsp3) is 0.950. The molecule has 1 unspecified atom stereocenters. The smallest absolute Gasteiger partial charge is 0.217 e. The van der Waals surface area contributed by atoms with E-state index >= 15 is 0 Å². The molecule has 10 N–H and O–H groups in total. The Morgan fingerprint density at radius 1 is 0.722 bits per heavy atom. The lowest BCUT2D eigenvalue weighted by atomic mass is 9.95. The molecule has 210 valence electrons.